The number of nitrogens with one attached hydrogen (secondary N) is 1. The van der Waals surface area contributed by atoms with Crippen molar-refractivity contribution in [3.8, 4) is 0 Å². The first-order chi connectivity index (χ1) is 11.6. The van der Waals surface area contributed by atoms with Crippen LogP contribution in [0.3, 0.4) is 0 Å². The van der Waals surface area contributed by atoms with E-state index in [9.17, 15) is 0 Å². The second kappa shape index (κ2) is 6.15. The Balaban J connectivity index is 1.68. The molecule has 0 amide bonds. The lowest BCUT2D eigenvalue weighted by Crippen LogP contribution is -2.37. The Morgan fingerprint density at radius 2 is 2.08 bits per heavy atom. The Kier molecular flexibility index (Phi) is 3.98. The van der Waals surface area contributed by atoms with Crippen LogP contribution < -0.4 is 10.2 Å². The maximum atomic E-state index is 6.32. The van der Waals surface area contributed by atoms with Gasteiger partial charge in [0.2, 0.25) is 0 Å². The molecular weight excluding hydrogens is 347 g/mol. The molecule has 1 N–H and O–H groups in total. The molecule has 0 radical (unpaired) electrons. The van der Waals surface area contributed by atoms with E-state index in [2.05, 4.69) is 20.2 Å². The molecule has 0 bridgehead atoms. The third kappa shape index (κ3) is 2.78. The van der Waals surface area contributed by atoms with Gasteiger partial charge < -0.3 is 14.6 Å². The van der Waals surface area contributed by atoms with Crippen molar-refractivity contribution in [3.05, 3.63) is 46.3 Å². The van der Waals surface area contributed by atoms with Crippen LogP contribution in [0.1, 0.15) is 24.9 Å². The quantitative estimate of drug-likeness (QED) is 0.714. The smallest absolute Gasteiger partial charge is 0.250 e. The molecule has 7 heteroatoms. The van der Waals surface area contributed by atoms with Gasteiger partial charge in [0.25, 0.3) is 5.71 Å². The molecule has 4 rings (SSSR count). The van der Waals surface area contributed by atoms with Gasteiger partial charge in [-0.1, -0.05) is 29.3 Å². The third-order valence-corrected chi connectivity index (χ3v) is 4.84. The molecule has 0 saturated carbocycles. The van der Waals surface area contributed by atoms with E-state index in [0.717, 1.165) is 35.7 Å². The number of anilines is 2. The van der Waals surface area contributed by atoms with Gasteiger partial charge >= 0.3 is 0 Å². The molecule has 0 spiro atoms. The number of aromatic nitrogens is 2. The van der Waals surface area contributed by atoms with E-state index >= 15 is 0 Å². The molecule has 1 aliphatic heterocycles. The highest BCUT2D eigenvalue weighted by atomic mass is 35.5. The Morgan fingerprint density at radius 1 is 1.25 bits per heavy atom. The summed E-state index contributed by atoms with van der Waals surface area (Å²) in [6.45, 7) is 4.08. The van der Waals surface area contributed by atoms with Crippen LogP contribution in [0, 0.1) is 0 Å². The highest BCUT2D eigenvalue weighted by molar-refractivity contribution is 6.35. The van der Waals surface area contributed by atoms with E-state index in [1.54, 1.807) is 6.07 Å². The molecule has 24 heavy (non-hydrogen) atoms. The lowest BCUT2D eigenvalue weighted by molar-refractivity contribution is 0.581. The Labute approximate surface area is 149 Å². The van der Waals surface area contributed by atoms with Crippen LogP contribution in [0.15, 0.2) is 35.1 Å². The second-order valence-electron chi connectivity index (χ2n) is 5.91. The van der Waals surface area contributed by atoms with E-state index in [-0.39, 0.29) is 6.04 Å². The maximum absolute atomic E-state index is 6.32. The molecule has 1 saturated heterocycles. The molecule has 1 fully saturated rings. The average molecular weight is 363 g/mol. The fraction of sp³-hybridized carbons (Fsp3) is 0.294. The summed E-state index contributed by atoms with van der Waals surface area (Å²) in [6, 6.07) is 7.52. The number of oxazole rings is 1. The van der Waals surface area contributed by atoms with Crippen LogP contribution in [-0.2, 0) is 0 Å². The van der Waals surface area contributed by atoms with Crippen molar-refractivity contribution in [1.29, 1.82) is 0 Å². The molecule has 1 aliphatic rings. The summed E-state index contributed by atoms with van der Waals surface area (Å²) in [5.41, 5.74) is 3.11. The van der Waals surface area contributed by atoms with Crippen molar-refractivity contribution in [2.24, 2.45) is 0 Å². The van der Waals surface area contributed by atoms with Crippen LogP contribution in [-0.4, -0.2) is 23.1 Å². The summed E-state index contributed by atoms with van der Waals surface area (Å²) in [4.78, 5) is 11.0. The first-order valence-electron chi connectivity index (χ1n) is 7.82. The summed E-state index contributed by atoms with van der Waals surface area (Å²) >= 11 is 12.3. The van der Waals surface area contributed by atoms with Crippen molar-refractivity contribution in [2.75, 3.05) is 23.3 Å². The number of benzene rings is 1. The second-order valence-corrected chi connectivity index (χ2v) is 6.75. The number of halogens is 2. The standard InChI is InChI=1S/C17H16Cl2N4O/c1-10(12-4-3-11(18)7-13(12)19)21-14-8-15(23-5-2-6-23)22-17-16(14)20-9-24-17/h3-4,7-10H,2,5-6H2,1H3,(H,21,22). The first kappa shape index (κ1) is 15.5. The molecule has 124 valence electrons. The van der Waals surface area contributed by atoms with Crippen LogP contribution in [0.5, 0.6) is 0 Å². The fourth-order valence-corrected chi connectivity index (χ4v) is 3.39. The zero-order chi connectivity index (χ0) is 16.7. The van der Waals surface area contributed by atoms with Gasteiger partial charge in [-0.05, 0) is 31.0 Å². The topological polar surface area (TPSA) is 54.2 Å². The van der Waals surface area contributed by atoms with Crippen LogP contribution >= 0.6 is 23.2 Å². The van der Waals surface area contributed by atoms with Crippen LogP contribution in [0.2, 0.25) is 10.0 Å². The van der Waals surface area contributed by atoms with Crippen LogP contribution in [0.25, 0.3) is 11.2 Å². The Bertz CT molecular complexity index is 891. The average Bonchev–Trinajstić information content (AvgIpc) is 2.94. The SMILES string of the molecule is CC(Nc1cc(N2CCC2)nc2ocnc12)c1ccc(Cl)cc1Cl. The van der Waals surface area contributed by atoms with Gasteiger partial charge in [-0.25, -0.2) is 4.98 Å². The number of rotatable bonds is 4. The van der Waals surface area contributed by atoms with Crippen molar-refractivity contribution in [2.45, 2.75) is 19.4 Å². The zero-order valence-electron chi connectivity index (χ0n) is 13.1. The molecule has 1 aromatic carbocycles. The Morgan fingerprint density at radius 3 is 2.79 bits per heavy atom. The number of hydrogen-bond acceptors (Lipinski definition) is 5. The van der Waals surface area contributed by atoms with Crippen molar-refractivity contribution in [1.82, 2.24) is 9.97 Å². The normalized spacial score (nSPS) is 15.4. The highest BCUT2D eigenvalue weighted by Gasteiger charge is 2.20. The van der Waals surface area contributed by atoms with Gasteiger partial charge in [-0.3, -0.25) is 0 Å². The lowest BCUT2D eigenvalue weighted by atomic mass is 10.1. The summed E-state index contributed by atoms with van der Waals surface area (Å²) in [5, 5.41) is 4.73. The minimum atomic E-state index is -0.0127. The maximum Gasteiger partial charge on any atom is 0.250 e. The minimum absolute atomic E-state index is 0.0127. The first-order valence-corrected chi connectivity index (χ1v) is 8.58. The van der Waals surface area contributed by atoms with E-state index < -0.39 is 0 Å². The molecule has 1 atom stereocenters. The summed E-state index contributed by atoms with van der Waals surface area (Å²) in [7, 11) is 0. The number of nitrogens with zero attached hydrogens (tertiary/aromatic N) is 3. The zero-order valence-corrected chi connectivity index (χ0v) is 14.6. The molecule has 0 aliphatic carbocycles. The highest BCUT2D eigenvalue weighted by Crippen LogP contribution is 2.33. The van der Waals surface area contributed by atoms with E-state index in [0.29, 0.717) is 15.8 Å². The Hall–Kier alpha value is -1.98. The van der Waals surface area contributed by atoms with E-state index in [4.69, 9.17) is 27.6 Å². The summed E-state index contributed by atoms with van der Waals surface area (Å²) in [6.07, 6.45) is 2.61. The third-order valence-electron chi connectivity index (χ3n) is 4.27. The van der Waals surface area contributed by atoms with E-state index in [1.807, 2.05) is 25.1 Å². The van der Waals surface area contributed by atoms with Crippen molar-refractivity contribution < 1.29 is 4.42 Å². The predicted molar refractivity (Wildman–Crippen MR) is 97.1 cm³/mol. The molecular formula is C17H16Cl2N4O. The number of hydrogen-bond donors (Lipinski definition) is 1. The van der Waals surface area contributed by atoms with Gasteiger partial charge in [0.05, 0.1) is 11.7 Å². The molecule has 1 unspecified atom stereocenters. The van der Waals surface area contributed by atoms with Crippen LogP contribution in [0.4, 0.5) is 11.5 Å². The van der Waals surface area contributed by atoms with Crippen molar-refractivity contribution in [3.63, 3.8) is 0 Å². The summed E-state index contributed by atoms with van der Waals surface area (Å²) < 4.78 is 5.41. The fourth-order valence-electron chi connectivity index (χ4n) is 2.82. The molecule has 3 heterocycles. The molecule has 3 aromatic rings. The summed E-state index contributed by atoms with van der Waals surface area (Å²) in [5.74, 6) is 0.905. The molecule has 2 aromatic heterocycles. The minimum Gasteiger partial charge on any atom is -0.425 e. The van der Waals surface area contributed by atoms with Gasteiger partial charge in [-0.15, -0.1) is 0 Å². The molecule has 5 nitrogen and oxygen atoms in total. The predicted octanol–water partition coefficient (Wildman–Crippen LogP) is 4.91. The number of fused-ring (bicyclic) bond motifs is 1. The van der Waals surface area contributed by atoms with Gasteiger partial charge in [0.15, 0.2) is 11.9 Å². The lowest BCUT2D eigenvalue weighted by Gasteiger charge is -2.32. The van der Waals surface area contributed by atoms with E-state index in [1.165, 1.54) is 12.8 Å². The monoisotopic (exact) mass is 362 g/mol. The van der Waals surface area contributed by atoms with Gasteiger partial charge in [0, 0.05) is 29.2 Å². The van der Waals surface area contributed by atoms with Crippen molar-refractivity contribution >= 4 is 45.9 Å². The van der Waals surface area contributed by atoms with Gasteiger partial charge in [-0.2, -0.15) is 4.98 Å². The van der Waals surface area contributed by atoms with Gasteiger partial charge in [0.1, 0.15) is 5.82 Å². The number of pyridine rings is 1. The largest absolute Gasteiger partial charge is 0.425 e.